The minimum atomic E-state index is 0.135. The van der Waals surface area contributed by atoms with E-state index in [1.165, 1.54) is 51.4 Å². The molecule has 2 spiro atoms. The number of rotatable bonds is 1. The fourth-order valence-corrected chi connectivity index (χ4v) is 6.53. The van der Waals surface area contributed by atoms with Gasteiger partial charge in [-0.3, -0.25) is 4.79 Å². The Kier molecular flexibility index (Phi) is 2.18. The molecule has 1 aliphatic heterocycles. The first-order valence-electron chi connectivity index (χ1n) is 8.90. The van der Waals surface area contributed by atoms with Crippen LogP contribution in [0.1, 0.15) is 64.7 Å². The molecule has 0 N–H and O–H groups in total. The van der Waals surface area contributed by atoms with Crippen LogP contribution < -0.4 is 0 Å². The zero-order chi connectivity index (χ0) is 13.5. The van der Waals surface area contributed by atoms with Gasteiger partial charge in [-0.1, -0.05) is 6.92 Å². The summed E-state index contributed by atoms with van der Waals surface area (Å²) in [6.45, 7) is 2.17. The number of hydrogen-bond acceptors (Lipinski definition) is 2. The normalized spacial score (nSPS) is 49.6. The summed E-state index contributed by atoms with van der Waals surface area (Å²) in [5, 5.41) is 0. The van der Waals surface area contributed by atoms with E-state index < -0.39 is 0 Å². The summed E-state index contributed by atoms with van der Waals surface area (Å²) >= 11 is 0. The summed E-state index contributed by atoms with van der Waals surface area (Å²) in [4.78, 5) is 12.3. The van der Waals surface area contributed by atoms with Gasteiger partial charge in [0.05, 0.1) is 5.92 Å². The highest BCUT2D eigenvalue weighted by Gasteiger charge is 2.69. The second-order valence-corrected chi connectivity index (χ2v) is 8.51. The van der Waals surface area contributed by atoms with Gasteiger partial charge in [-0.05, 0) is 74.5 Å². The van der Waals surface area contributed by atoms with Crippen molar-refractivity contribution in [2.45, 2.75) is 70.8 Å². The smallest absolute Gasteiger partial charge is 0.309 e. The highest BCUT2D eigenvalue weighted by molar-refractivity contribution is 5.75. The van der Waals surface area contributed by atoms with Crippen LogP contribution in [0.5, 0.6) is 0 Å². The predicted molar refractivity (Wildman–Crippen MR) is 75.9 cm³/mol. The topological polar surface area (TPSA) is 26.3 Å². The van der Waals surface area contributed by atoms with Gasteiger partial charge >= 0.3 is 5.97 Å². The van der Waals surface area contributed by atoms with Crippen LogP contribution in [-0.4, -0.2) is 12.1 Å². The van der Waals surface area contributed by atoms with Crippen molar-refractivity contribution in [2.75, 3.05) is 0 Å². The third-order valence-corrected chi connectivity index (χ3v) is 7.93. The van der Waals surface area contributed by atoms with Crippen LogP contribution in [-0.2, 0) is 9.53 Å². The highest BCUT2D eigenvalue weighted by Crippen LogP contribution is 2.75. The van der Waals surface area contributed by atoms with E-state index in [1.54, 1.807) is 0 Å². The number of carbonyl (C=O) groups excluding carboxylic acids is 1. The number of carbonyl (C=O) groups is 1. The molecular formula is C18H26O2. The van der Waals surface area contributed by atoms with Gasteiger partial charge in [0.2, 0.25) is 0 Å². The molecule has 5 atom stereocenters. The molecule has 5 fully saturated rings. The lowest BCUT2D eigenvalue weighted by Gasteiger charge is -2.33. The Morgan fingerprint density at radius 3 is 2.40 bits per heavy atom. The highest BCUT2D eigenvalue weighted by atomic mass is 16.6. The second-order valence-electron chi connectivity index (χ2n) is 8.51. The van der Waals surface area contributed by atoms with Gasteiger partial charge in [0.1, 0.15) is 6.10 Å². The van der Waals surface area contributed by atoms with Gasteiger partial charge in [-0.2, -0.15) is 0 Å². The average molecular weight is 274 g/mol. The maximum absolute atomic E-state index is 12.3. The molecule has 2 heteroatoms. The summed E-state index contributed by atoms with van der Waals surface area (Å²) in [5.41, 5.74) is 1.29. The van der Waals surface area contributed by atoms with Gasteiger partial charge < -0.3 is 4.74 Å². The molecular weight excluding hydrogens is 248 g/mol. The molecule has 2 nitrogen and oxygen atoms in total. The van der Waals surface area contributed by atoms with E-state index in [0.29, 0.717) is 22.9 Å². The summed E-state index contributed by atoms with van der Waals surface area (Å²) in [6, 6.07) is 0. The molecule has 110 valence electrons. The third-order valence-electron chi connectivity index (χ3n) is 7.93. The van der Waals surface area contributed by atoms with Crippen LogP contribution >= 0.6 is 0 Å². The Bertz CT molecular complexity index is 460. The Morgan fingerprint density at radius 2 is 1.75 bits per heavy atom. The Balaban J connectivity index is 1.56. The van der Waals surface area contributed by atoms with E-state index in [0.717, 1.165) is 18.3 Å². The zero-order valence-electron chi connectivity index (χ0n) is 12.6. The standard InChI is InChI=1S/C18H26O2/c1-2-11-12-3-5-17(7-8-17)13-4-6-18(9-10-18)14(13)15(12)20-16(11)19/h11-15H,2-10H2,1H3. The lowest BCUT2D eigenvalue weighted by Crippen LogP contribution is -2.35. The first-order valence-corrected chi connectivity index (χ1v) is 8.90. The monoisotopic (exact) mass is 274 g/mol. The maximum Gasteiger partial charge on any atom is 0.309 e. The van der Waals surface area contributed by atoms with Crippen LogP contribution in [0.4, 0.5) is 0 Å². The van der Waals surface area contributed by atoms with Crippen molar-refractivity contribution in [2.24, 2.45) is 34.5 Å². The summed E-state index contributed by atoms with van der Waals surface area (Å²) in [7, 11) is 0. The minimum absolute atomic E-state index is 0.135. The van der Waals surface area contributed by atoms with E-state index in [2.05, 4.69) is 6.92 Å². The molecule has 5 rings (SSSR count). The molecule has 20 heavy (non-hydrogen) atoms. The number of ether oxygens (including phenoxy) is 1. The second kappa shape index (κ2) is 3.62. The molecule has 0 aromatic rings. The minimum Gasteiger partial charge on any atom is -0.461 e. The molecule has 5 unspecified atom stereocenters. The lowest BCUT2D eigenvalue weighted by molar-refractivity contribution is -0.147. The SMILES string of the molecule is CCC1C(=O)OC2C1CCC1(CC1)C1CCC3(CC3)C21. The van der Waals surface area contributed by atoms with Crippen LogP contribution in [0.15, 0.2) is 0 Å². The Labute approximate surface area is 121 Å². The van der Waals surface area contributed by atoms with Crippen molar-refractivity contribution in [1.29, 1.82) is 0 Å². The molecule has 0 radical (unpaired) electrons. The molecule has 1 heterocycles. The average Bonchev–Trinajstić information content (AvgIpc) is 3.31. The first-order chi connectivity index (χ1) is 9.69. The van der Waals surface area contributed by atoms with Crippen LogP contribution in [0, 0.1) is 34.5 Å². The van der Waals surface area contributed by atoms with Crippen molar-refractivity contribution in [3.8, 4) is 0 Å². The number of hydrogen-bond donors (Lipinski definition) is 0. The molecule has 1 saturated heterocycles. The summed E-state index contributed by atoms with van der Waals surface area (Å²) < 4.78 is 6.02. The lowest BCUT2D eigenvalue weighted by atomic mass is 9.73. The number of fused-ring (bicyclic) bond motifs is 5. The van der Waals surface area contributed by atoms with Gasteiger partial charge in [0.15, 0.2) is 0 Å². The van der Waals surface area contributed by atoms with E-state index in [9.17, 15) is 4.79 Å². The van der Waals surface area contributed by atoms with Crippen molar-refractivity contribution in [3.05, 3.63) is 0 Å². The fraction of sp³-hybridized carbons (Fsp3) is 0.944. The van der Waals surface area contributed by atoms with Gasteiger partial charge in [-0.25, -0.2) is 0 Å². The Hall–Kier alpha value is -0.530. The maximum atomic E-state index is 12.3. The van der Waals surface area contributed by atoms with E-state index in [4.69, 9.17) is 4.74 Å². The van der Waals surface area contributed by atoms with Crippen molar-refractivity contribution in [1.82, 2.24) is 0 Å². The number of esters is 1. The summed E-state index contributed by atoms with van der Waals surface area (Å²) in [5.74, 6) is 2.53. The van der Waals surface area contributed by atoms with Gasteiger partial charge in [-0.15, -0.1) is 0 Å². The molecule has 4 saturated carbocycles. The molecule has 5 aliphatic rings. The first kappa shape index (κ1) is 12.1. The fourth-order valence-electron chi connectivity index (χ4n) is 6.53. The van der Waals surface area contributed by atoms with Crippen molar-refractivity contribution in [3.63, 3.8) is 0 Å². The van der Waals surface area contributed by atoms with Gasteiger partial charge in [0, 0.05) is 11.8 Å². The Morgan fingerprint density at radius 1 is 1.05 bits per heavy atom. The quantitative estimate of drug-likeness (QED) is 0.677. The molecule has 0 bridgehead atoms. The van der Waals surface area contributed by atoms with E-state index in [1.807, 2.05) is 0 Å². The van der Waals surface area contributed by atoms with Crippen LogP contribution in [0.25, 0.3) is 0 Å². The van der Waals surface area contributed by atoms with Crippen molar-refractivity contribution >= 4 is 5.97 Å². The van der Waals surface area contributed by atoms with Crippen molar-refractivity contribution < 1.29 is 9.53 Å². The van der Waals surface area contributed by atoms with E-state index >= 15 is 0 Å². The zero-order valence-corrected chi connectivity index (χ0v) is 12.6. The van der Waals surface area contributed by atoms with Crippen LogP contribution in [0.2, 0.25) is 0 Å². The third kappa shape index (κ3) is 1.34. The largest absolute Gasteiger partial charge is 0.461 e. The molecule has 0 aromatic heterocycles. The van der Waals surface area contributed by atoms with Crippen LogP contribution in [0.3, 0.4) is 0 Å². The van der Waals surface area contributed by atoms with Gasteiger partial charge in [0.25, 0.3) is 0 Å². The molecule has 0 amide bonds. The molecule has 0 aromatic carbocycles. The summed E-state index contributed by atoms with van der Waals surface area (Å²) in [6.07, 6.45) is 12.6. The van der Waals surface area contributed by atoms with E-state index in [-0.39, 0.29) is 11.9 Å². The predicted octanol–water partition coefficient (Wildman–Crippen LogP) is 3.93. The molecule has 4 aliphatic carbocycles.